The van der Waals surface area contributed by atoms with Gasteiger partial charge in [-0.25, -0.2) is 4.79 Å². The predicted molar refractivity (Wildman–Crippen MR) is 81.9 cm³/mol. The summed E-state index contributed by atoms with van der Waals surface area (Å²) in [5.41, 5.74) is 0.913. The van der Waals surface area contributed by atoms with Crippen LogP contribution in [-0.2, 0) is 4.74 Å². The number of ether oxygens (including phenoxy) is 1. The van der Waals surface area contributed by atoms with E-state index in [2.05, 4.69) is 15.4 Å². The second-order valence-corrected chi connectivity index (χ2v) is 4.88. The smallest absolute Gasteiger partial charge is 0.337 e. The topological polar surface area (TPSA) is 122 Å². The summed E-state index contributed by atoms with van der Waals surface area (Å²) >= 11 is 0. The molecule has 0 bridgehead atoms. The zero-order valence-corrected chi connectivity index (χ0v) is 12.4. The van der Waals surface area contributed by atoms with Crippen molar-refractivity contribution in [1.82, 2.24) is 0 Å². The van der Waals surface area contributed by atoms with Crippen molar-refractivity contribution in [2.24, 2.45) is 0 Å². The van der Waals surface area contributed by atoms with Gasteiger partial charge < -0.3 is 15.4 Å². The molecule has 1 aliphatic rings. The van der Waals surface area contributed by atoms with Crippen LogP contribution in [-0.4, -0.2) is 19.1 Å². The lowest BCUT2D eigenvalue weighted by molar-refractivity contribution is 0.0601. The molecule has 1 saturated carbocycles. The van der Waals surface area contributed by atoms with Gasteiger partial charge in [0.15, 0.2) is 5.57 Å². The number of nitrogens with zero attached hydrogens (tertiary/aromatic N) is 3. The van der Waals surface area contributed by atoms with Crippen molar-refractivity contribution in [2.45, 2.75) is 18.9 Å². The number of allylic oxidation sites excluding steroid dienone is 2. The minimum Gasteiger partial charge on any atom is -0.465 e. The molecule has 0 spiro atoms. The summed E-state index contributed by atoms with van der Waals surface area (Å²) in [7, 11) is 1.27. The summed E-state index contributed by atoms with van der Waals surface area (Å²) in [6.45, 7) is 0. The third-order valence-electron chi connectivity index (χ3n) is 3.22. The van der Waals surface area contributed by atoms with Crippen LogP contribution in [0.3, 0.4) is 0 Å². The Morgan fingerprint density at radius 2 is 1.87 bits per heavy atom. The van der Waals surface area contributed by atoms with Crippen LogP contribution >= 0.6 is 0 Å². The fourth-order valence-corrected chi connectivity index (χ4v) is 1.88. The molecule has 1 aliphatic carbocycles. The second-order valence-electron chi connectivity index (χ2n) is 4.88. The van der Waals surface area contributed by atoms with Gasteiger partial charge in [-0.15, -0.1) is 0 Å². The normalized spacial score (nSPS) is 12.1. The Hall–Kier alpha value is -3.50. The Labute approximate surface area is 133 Å². The fourth-order valence-electron chi connectivity index (χ4n) is 1.88. The first kappa shape index (κ1) is 15.9. The molecule has 23 heavy (non-hydrogen) atoms. The Morgan fingerprint density at radius 3 is 2.39 bits per heavy atom. The Kier molecular flexibility index (Phi) is 4.82. The average Bonchev–Trinajstić information content (AvgIpc) is 3.39. The van der Waals surface area contributed by atoms with Crippen LogP contribution in [0.2, 0.25) is 0 Å². The van der Waals surface area contributed by atoms with Crippen LogP contribution < -0.4 is 10.6 Å². The molecule has 1 aromatic carbocycles. The van der Waals surface area contributed by atoms with Gasteiger partial charge in [0.05, 0.1) is 24.0 Å². The number of nitrogens with one attached hydrogen (secondary N) is 2. The van der Waals surface area contributed by atoms with Gasteiger partial charge in [-0.05, 0) is 31.0 Å². The number of nitriles is 3. The molecule has 1 fully saturated rings. The Balaban J connectivity index is 2.42. The van der Waals surface area contributed by atoms with Crippen molar-refractivity contribution in [3.05, 3.63) is 35.0 Å². The first-order valence-corrected chi connectivity index (χ1v) is 6.83. The SMILES string of the molecule is COC(=O)c1ccc(NC2CC2)c(NC(C#N)=C(C#N)C#N)c1. The minimum atomic E-state index is -0.519. The number of esters is 1. The lowest BCUT2D eigenvalue weighted by Gasteiger charge is -2.14. The molecule has 0 aliphatic heterocycles. The molecule has 1 aromatic rings. The van der Waals surface area contributed by atoms with E-state index in [4.69, 9.17) is 15.8 Å². The van der Waals surface area contributed by atoms with Crippen LogP contribution in [0.1, 0.15) is 23.2 Å². The van der Waals surface area contributed by atoms with E-state index in [-0.39, 0.29) is 11.3 Å². The zero-order valence-electron chi connectivity index (χ0n) is 12.4. The van der Waals surface area contributed by atoms with Gasteiger partial charge in [-0.3, -0.25) is 0 Å². The summed E-state index contributed by atoms with van der Waals surface area (Å²) in [6, 6.07) is 10.3. The molecule has 0 radical (unpaired) electrons. The van der Waals surface area contributed by atoms with E-state index >= 15 is 0 Å². The molecular weight excluding hydrogens is 294 g/mol. The van der Waals surface area contributed by atoms with Crippen molar-refractivity contribution in [3.8, 4) is 18.2 Å². The van der Waals surface area contributed by atoms with Gasteiger partial charge in [0.2, 0.25) is 0 Å². The van der Waals surface area contributed by atoms with Gasteiger partial charge in [-0.2, -0.15) is 15.8 Å². The van der Waals surface area contributed by atoms with Gasteiger partial charge in [0.25, 0.3) is 0 Å². The number of carbonyl (C=O) groups is 1. The first-order chi connectivity index (χ1) is 11.1. The van der Waals surface area contributed by atoms with E-state index in [1.165, 1.54) is 13.2 Å². The molecule has 7 nitrogen and oxygen atoms in total. The van der Waals surface area contributed by atoms with E-state index in [1.807, 2.05) is 0 Å². The van der Waals surface area contributed by atoms with Crippen LogP contribution in [0, 0.1) is 34.0 Å². The molecule has 0 aromatic heterocycles. The Bertz CT molecular complexity index is 772. The van der Waals surface area contributed by atoms with Crippen molar-refractivity contribution in [2.75, 3.05) is 17.7 Å². The Morgan fingerprint density at radius 1 is 1.17 bits per heavy atom. The molecule has 114 valence electrons. The van der Waals surface area contributed by atoms with Crippen molar-refractivity contribution < 1.29 is 9.53 Å². The van der Waals surface area contributed by atoms with E-state index in [0.717, 1.165) is 12.8 Å². The number of benzene rings is 1. The van der Waals surface area contributed by atoms with Crippen LogP contribution in [0.25, 0.3) is 0 Å². The first-order valence-electron chi connectivity index (χ1n) is 6.83. The van der Waals surface area contributed by atoms with Crippen LogP contribution in [0.15, 0.2) is 29.5 Å². The van der Waals surface area contributed by atoms with Gasteiger partial charge in [-0.1, -0.05) is 0 Å². The molecule has 2 rings (SSSR count). The number of rotatable bonds is 5. The maximum atomic E-state index is 11.7. The van der Waals surface area contributed by atoms with E-state index in [9.17, 15) is 4.79 Å². The summed E-state index contributed by atoms with van der Waals surface area (Å²) in [5, 5.41) is 33.0. The lowest BCUT2D eigenvalue weighted by Crippen LogP contribution is -2.09. The quantitative estimate of drug-likeness (QED) is 0.632. The highest BCUT2D eigenvalue weighted by Gasteiger charge is 2.23. The molecule has 0 heterocycles. The van der Waals surface area contributed by atoms with E-state index in [1.54, 1.807) is 30.3 Å². The summed E-state index contributed by atoms with van der Waals surface area (Å²) in [4.78, 5) is 11.7. The number of hydrogen-bond donors (Lipinski definition) is 2. The molecule has 0 saturated heterocycles. The van der Waals surface area contributed by atoms with Crippen LogP contribution in [0.4, 0.5) is 11.4 Å². The maximum Gasteiger partial charge on any atom is 0.337 e. The second kappa shape index (κ2) is 6.98. The third-order valence-corrected chi connectivity index (χ3v) is 3.22. The fraction of sp³-hybridized carbons (Fsp3) is 0.250. The van der Waals surface area contributed by atoms with E-state index in [0.29, 0.717) is 23.0 Å². The molecule has 7 heteroatoms. The molecule has 0 amide bonds. The molecule has 0 atom stereocenters. The molecule has 2 N–H and O–H groups in total. The standard InChI is InChI=1S/C16H13N5O2/c1-23-16(22)10-2-5-13(20-12-3-4-12)14(6-10)21-15(9-19)11(7-17)8-18/h2,5-6,12,20-21H,3-4H2,1H3. The van der Waals surface area contributed by atoms with Gasteiger partial charge >= 0.3 is 5.97 Å². The number of methoxy groups -OCH3 is 1. The highest BCUT2D eigenvalue weighted by atomic mass is 16.5. The zero-order chi connectivity index (χ0) is 16.8. The molecule has 0 unspecified atom stereocenters. The van der Waals surface area contributed by atoms with Gasteiger partial charge in [0, 0.05) is 6.04 Å². The van der Waals surface area contributed by atoms with Gasteiger partial charge in [0.1, 0.15) is 23.9 Å². The highest BCUT2D eigenvalue weighted by molar-refractivity contribution is 5.92. The summed E-state index contributed by atoms with van der Waals surface area (Å²) in [5.74, 6) is -0.519. The van der Waals surface area contributed by atoms with Crippen molar-refractivity contribution >= 4 is 17.3 Å². The van der Waals surface area contributed by atoms with Crippen molar-refractivity contribution in [3.63, 3.8) is 0 Å². The van der Waals surface area contributed by atoms with E-state index < -0.39 is 5.97 Å². The summed E-state index contributed by atoms with van der Waals surface area (Å²) < 4.78 is 4.68. The number of hydrogen-bond acceptors (Lipinski definition) is 7. The van der Waals surface area contributed by atoms with Crippen molar-refractivity contribution in [1.29, 1.82) is 15.8 Å². The third kappa shape index (κ3) is 3.78. The number of carbonyl (C=O) groups excluding carboxylic acids is 1. The maximum absolute atomic E-state index is 11.7. The highest BCUT2D eigenvalue weighted by Crippen LogP contribution is 2.31. The predicted octanol–water partition coefficient (Wildman–Crippen LogP) is 2.28. The molecular formula is C16H13N5O2. The van der Waals surface area contributed by atoms with Crippen LogP contribution in [0.5, 0.6) is 0 Å². The average molecular weight is 307 g/mol. The summed E-state index contributed by atoms with van der Waals surface area (Å²) in [6.07, 6.45) is 2.08. The lowest BCUT2D eigenvalue weighted by atomic mass is 10.1. The minimum absolute atomic E-state index is 0.170. The largest absolute Gasteiger partial charge is 0.465 e. The monoisotopic (exact) mass is 307 g/mol. The number of anilines is 2.